The number of ether oxygens (including phenoxy) is 2. The fourth-order valence-electron chi connectivity index (χ4n) is 2.17. The molecule has 0 aliphatic rings. The van der Waals surface area contributed by atoms with E-state index in [2.05, 4.69) is 6.07 Å². The van der Waals surface area contributed by atoms with E-state index in [1.54, 1.807) is 13.2 Å². The van der Waals surface area contributed by atoms with Crippen LogP contribution in [0.2, 0.25) is 5.02 Å². The summed E-state index contributed by atoms with van der Waals surface area (Å²) in [5, 5.41) is 0.658. The molecule has 0 aromatic heterocycles. The molecule has 21 heavy (non-hydrogen) atoms. The maximum absolute atomic E-state index is 6.03. The number of hydrogen-bond donors (Lipinski definition) is 1. The molecule has 2 aromatic rings. The summed E-state index contributed by atoms with van der Waals surface area (Å²) in [6.45, 7) is 4.36. The first-order valence-corrected chi connectivity index (χ1v) is 7.20. The van der Waals surface area contributed by atoms with Gasteiger partial charge in [-0.2, -0.15) is 0 Å². The standard InChI is InChI=1S/C17H20ClNO2/c1-11-4-6-17(15(8-11)12(2)19)21-10-13-9-14(18)5-7-16(13)20-3/h4-9,12H,10,19H2,1-3H3. The number of nitrogens with two attached hydrogens (primary N) is 1. The molecule has 0 spiro atoms. The van der Waals surface area contributed by atoms with Crippen LogP contribution in [0.3, 0.4) is 0 Å². The minimum Gasteiger partial charge on any atom is -0.496 e. The number of halogens is 1. The Kier molecular flexibility index (Phi) is 5.10. The van der Waals surface area contributed by atoms with Crippen molar-refractivity contribution >= 4 is 11.6 Å². The number of methoxy groups -OCH3 is 1. The Bertz CT molecular complexity index is 626. The molecule has 2 N–H and O–H groups in total. The number of hydrogen-bond acceptors (Lipinski definition) is 3. The van der Waals surface area contributed by atoms with Crippen molar-refractivity contribution in [1.82, 2.24) is 0 Å². The molecule has 0 amide bonds. The van der Waals surface area contributed by atoms with Crippen molar-refractivity contribution in [3.63, 3.8) is 0 Å². The average molecular weight is 306 g/mol. The first-order valence-electron chi connectivity index (χ1n) is 6.82. The first kappa shape index (κ1) is 15.7. The Hall–Kier alpha value is -1.71. The second-order valence-corrected chi connectivity index (χ2v) is 5.51. The summed E-state index contributed by atoms with van der Waals surface area (Å²) >= 11 is 6.03. The lowest BCUT2D eigenvalue weighted by molar-refractivity contribution is 0.292. The molecule has 112 valence electrons. The lowest BCUT2D eigenvalue weighted by atomic mass is 10.1. The SMILES string of the molecule is COc1ccc(Cl)cc1COc1ccc(C)cc1C(C)N. The molecule has 0 saturated heterocycles. The third-order valence-corrected chi connectivity index (χ3v) is 3.52. The van der Waals surface area contributed by atoms with Crippen LogP contribution in [-0.2, 0) is 6.61 Å². The molecule has 0 aliphatic carbocycles. The van der Waals surface area contributed by atoms with E-state index in [0.29, 0.717) is 11.6 Å². The first-order chi connectivity index (χ1) is 10.0. The lowest BCUT2D eigenvalue weighted by Gasteiger charge is -2.16. The van der Waals surface area contributed by atoms with Crippen LogP contribution in [0.25, 0.3) is 0 Å². The van der Waals surface area contributed by atoms with Crippen molar-refractivity contribution in [2.75, 3.05) is 7.11 Å². The Labute approximate surface area is 130 Å². The van der Waals surface area contributed by atoms with E-state index in [9.17, 15) is 0 Å². The molecule has 0 fully saturated rings. The van der Waals surface area contributed by atoms with Crippen LogP contribution in [0.4, 0.5) is 0 Å². The molecule has 0 bridgehead atoms. The summed E-state index contributed by atoms with van der Waals surface area (Å²) in [4.78, 5) is 0. The Morgan fingerprint density at radius 3 is 2.52 bits per heavy atom. The van der Waals surface area contributed by atoms with E-state index in [4.69, 9.17) is 26.8 Å². The predicted molar refractivity (Wildman–Crippen MR) is 86.1 cm³/mol. The monoisotopic (exact) mass is 305 g/mol. The molecule has 1 unspecified atom stereocenters. The van der Waals surface area contributed by atoms with Crippen LogP contribution >= 0.6 is 11.6 Å². The molecule has 1 atom stereocenters. The minimum absolute atomic E-state index is 0.0823. The number of benzene rings is 2. The van der Waals surface area contributed by atoms with Crippen LogP contribution in [0.1, 0.15) is 29.7 Å². The van der Waals surface area contributed by atoms with Crippen LogP contribution in [-0.4, -0.2) is 7.11 Å². The highest BCUT2D eigenvalue weighted by atomic mass is 35.5. The molecule has 0 aliphatic heterocycles. The highest BCUT2D eigenvalue weighted by molar-refractivity contribution is 6.30. The van der Waals surface area contributed by atoms with Crippen molar-refractivity contribution in [1.29, 1.82) is 0 Å². The van der Waals surface area contributed by atoms with Gasteiger partial charge in [0, 0.05) is 22.2 Å². The average Bonchev–Trinajstić information content (AvgIpc) is 2.46. The van der Waals surface area contributed by atoms with E-state index in [-0.39, 0.29) is 6.04 Å². The topological polar surface area (TPSA) is 44.5 Å². The van der Waals surface area contributed by atoms with Crippen LogP contribution in [0.15, 0.2) is 36.4 Å². The van der Waals surface area contributed by atoms with Crippen LogP contribution in [0, 0.1) is 6.92 Å². The van der Waals surface area contributed by atoms with Crippen molar-refractivity contribution in [2.45, 2.75) is 26.5 Å². The summed E-state index contributed by atoms with van der Waals surface area (Å²) in [5.41, 5.74) is 9.07. The lowest BCUT2D eigenvalue weighted by Crippen LogP contribution is -2.08. The molecule has 0 radical (unpaired) electrons. The van der Waals surface area contributed by atoms with E-state index >= 15 is 0 Å². The van der Waals surface area contributed by atoms with Gasteiger partial charge in [0.25, 0.3) is 0 Å². The Morgan fingerprint density at radius 2 is 1.86 bits per heavy atom. The Morgan fingerprint density at radius 1 is 1.14 bits per heavy atom. The second-order valence-electron chi connectivity index (χ2n) is 5.07. The van der Waals surface area contributed by atoms with Gasteiger partial charge in [0.1, 0.15) is 18.1 Å². The maximum atomic E-state index is 6.03. The molecule has 2 aromatic carbocycles. The van der Waals surface area contributed by atoms with Gasteiger partial charge in [-0.1, -0.05) is 29.3 Å². The van der Waals surface area contributed by atoms with Gasteiger partial charge >= 0.3 is 0 Å². The predicted octanol–water partition coefficient (Wildman–Crippen LogP) is 4.26. The smallest absolute Gasteiger partial charge is 0.125 e. The van der Waals surface area contributed by atoms with Crippen LogP contribution < -0.4 is 15.2 Å². The highest BCUT2D eigenvalue weighted by Gasteiger charge is 2.10. The fraction of sp³-hybridized carbons (Fsp3) is 0.294. The molecule has 0 saturated carbocycles. The summed E-state index contributed by atoms with van der Waals surface area (Å²) in [7, 11) is 1.63. The van der Waals surface area contributed by atoms with Crippen LogP contribution in [0.5, 0.6) is 11.5 Å². The van der Waals surface area contributed by atoms with Gasteiger partial charge in [0.15, 0.2) is 0 Å². The summed E-state index contributed by atoms with van der Waals surface area (Å²) in [6.07, 6.45) is 0. The van der Waals surface area contributed by atoms with Crippen molar-refractivity contribution < 1.29 is 9.47 Å². The van der Waals surface area contributed by atoms with E-state index in [0.717, 1.165) is 28.2 Å². The molecular weight excluding hydrogens is 286 g/mol. The maximum Gasteiger partial charge on any atom is 0.125 e. The van der Waals surface area contributed by atoms with Gasteiger partial charge in [-0.15, -0.1) is 0 Å². The third kappa shape index (κ3) is 3.90. The minimum atomic E-state index is -0.0823. The van der Waals surface area contributed by atoms with Gasteiger partial charge in [0.2, 0.25) is 0 Å². The van der Waals surface area contributed by atoms with Gasteiger partial charge < -0.3 is 15.2 Å². The third-order valence-electron chi connectivity index (χ3n) is 3.28. The zero-order chi connectivity index (χ0) is 15.4. The molecule has 4 heteroatoms. The van der Waals surface area contributed by atoms with E-state index < -0.39 is 0 Å². The second kappa shape index (κ2) is 6.83. The summed E-state index contributed by atoms with van der Waals surface area (Å²) < 4.78 is 11.2. The van der Waals surface area contributed by atoms with Crippen molar-refractivity contribution in [2.24, 2.45) is 5.73 Å². The van der Waals surface area contributed by atoms with E-state index in [1.165, 1.54) is 0 Å². The summed E-state index contributed by atoms with van der Waals surface area (Å²) in [5.74, 6) is 1.55. The van der Waals surface area contributed by atoms with Gasteiger partial charge in [-0.25, -0.2) is 0 Å². The zero-order valence-electron chi connectivity index (χ0n) is 12.5. The quantitative estimate of drug-likeness (QED) is 0.898. The van der Waals surface area contributed by atoms with Gasteiger partial charge in [0.05, 0.1) is 7.11 Å². The number of rotatable bonds is 5. The van der Waals surface area contributed by atoms with Crippen molar-refractivity contribution in [3.05, 3.63) is 58.1 Å². The molecule has 3 nitrogen and oxygen atoms in total. The summed E-state index contributed by atoms with van der Waals surface area (Å²) in [6, 6.07) is 11.4. The van der Waals surface area contributed by atoms with Gasteiger partial charge in [-0.05, 0) is 38.1 Å². The zero-order valence-corrected chi connectivity index (χ0v) is 13.3. The van der Waals surface area contributed by atoms with Crippen molar-refractivity contribution in [3.8, 4) is 11.5 Å². The van der Waals surface area contributed by atoms with Gasteiger partial charge in [-0.3, -0.25) is 0 Å². The Balaban J connectivity index is 2.22. The fourth-order valence-corrected chi connectivity index (χ4v) is 2.37. The molecule has 0 heterocycles. The molecular formula is C17H20ClNO2. The normalized spacial score (nSPS) is 12.0. The number of aryl methyl sites for hydroxylation is 1. The van der Waals surface area contributed by atoms with E-state index in [1.807, 2.05) is 38.1 Å². The largest absolute Gasteiger partial charge is 0.496 e. The highest BCUT2D eigenvalue weighted by Crippen LogP contribution is 2.28. The molecule has 2 rings (SSSR count).